The van der Waals surface area contributed by atoms with Crippen LogP contribution in [0.4, 0.5) is 0 Å². The lowest BCUT2D eigenvalue weighted by Crippen LogP contribution is -2.31. The number of hydrogen-bond donors (Lipinski definition) is 1. The van der Waals surface area contributed by atoms with E-state index in [1.54, 1.807) is 11.8 Å². The summed E-state index contributed by atoms with van der Waals surface area (Å²) in [5.74, 6) is 0. The first kappa shape index (κ1) is 10.9. The van der Waals surface area contributed by atoms with E-state index in [0.717, 1.165) is 5.02 Å². The molecule has 13 heavy (non-hydrogen) atoms. The van der Waals surface area contributed by atoms with Crippen molar-refractivity contribution in [2.24, 2.45) is 0 Å². The summed E-state index contributed by atoms with van der Waals surface area (Å²) in [5, 5.41) is 4.02. The van der Waals surface area contributed by atoms with Crippen molar-refractivity contribution in [3.05, 3.63) is 29.3 Å². The molecule has 0 spiro atoms. The van der Waals surface area contributed by atoms with Gasteiger partial charge in [0, 0.05) is 9.92 Å². The topological polar surface area (TPSA) is 12.0 Å². The Labute approximate surface area is 88.9 Å². The monoisotopic (exact) mass is 215 g/mol. The third-order valence-electron chi connectivity index (χ3n) is 1.77. The van der Waals surface area contributed by atoms with Crippen LogP contribution in [0, 0.1) is 0 Å². The predicted octanol–water partition coefficient (Wildman–Crippen LogP) is 3.39. The first-order chi connectivity index (χ1) is 6.03. The van der Waals surface area contributed by atoms with Crippen LogP contribution in [0.1, 0.15) is 13.8 Å². The van der Waals surface area contributed by atoms with E-state index >= 15 is 0 Å². The average Bonchev–Trinajstić information content (AvgIpc) is 2.03. The average molecular weight is 216 g/mol. The molecule has 1 nitrogen and oxygen atoms in total. The normalized spacial score (nSPS) is 11.7. The van der Waals surface area contributed by atoms with Gasteiger partial charge in [0.05, 0.1) is 4.87 Å². The van der Waals surface area contributed by atoms with Crippen LogP contribution in [0.2, 0.25) is 5.02 Å². The van der Waals surface area contributed by atoms with Crippen LogP contribution in [0.5, 0.6) is 0 Å². The fraction of sp³-hybridized carbons (Fsp3) is 0.400. The van der Waals surface area contributed by atoms with E-state index in [1.165, 1.54) is 4.90 Å². The van der Waals surface area contributed by atoms with Gasteiger partial charge in [0.1, 0.15) is 0 Å². The van der Waals surface area contributed by atoms with Crippen molar-refractivity contribution in [2.75, 3.05) is 7.05 Å². The molecule has 0 aliphatic carbocycles. The predicted molar refractivity (Wildman–Crippen MR) is 60.4 cm³/mol. The van der Waals surface area contributed by atoms with Gasteiger partial charge in [0.2, 0.25) is 0 Å². The molecule has 1 aromatic rings. The van der Waals surface area contributed by atoms with Gasteiger partial charge in [-0.2, -0.15) is 0 Å². The molecule has 1 aromatic carbocycles. The van der Waals surface area contributed by atoms with Gasteiger partial charge >= 0.3 is 0 Å². The van der Waals surface area contributed by atoms with Crippen LogP contribution < -0.4 is 5.32 Å². The van der Waals surface area contributed by atoms with Crippen LogP contribution in [0.15, 0.2) is 29.2 Å². The van der Waals surface area contributed by atoms with E-state index in [4.69, 9.17) is 11.6 Å². The Balaban J connectivity index is 2.74. The number of benzene rings is 1. The first-order valence-corrected chi connectivity index (χ1v) is 5.36. The van der Waals surface area contributed by atoms with Crippen molar-refractivity contribution >= 4 is 23.4 Å². The molecule has 0 bridgehead atoms. The molecule has 0 atom stereocenters. The standard InChI is InChI=1S/C10H14ClNS/c1-10(2,12-3)13-9-6-4-5-8(11)7-9/h4-7,12H,1-3H3. The molecule has 1 rings (SSSR count). The quantitative estimate of drug-likeness (QED) is 0.613. The Bertz CT molecular complexity index is 286. The minimum atomic E-state index is 0.0463. The van der Waals surface area contributed by atoms with Crippen molar-refractivity contribution in [3.63, 3.8) is 0 Å². The SMILES string of the molecule is CNC(C)(C)Sc1cccc(Cl)c1. The molecule has 0 aliphatic rings. The molecule has 72 valence electrons. The maximum absolute atomic E-state index is 5.88. The van der Waals surface area contributed by atoms with Gasteiger partial charge in [-0.3, -0.25) is 0 Å². The van der Waals surface area contributed by atoms with E-state index in [0.29, 0.717) is 0 Å². The highest BCUT2D eigenvalue weighted by atomic mass is 35.5. The Hall–Kier alpha value is -0.180. The lowest BCUT2D eigenvalue weighted by atomic mass is 10.4. The molecule has 0 radical (unpaired) electrons. The Morgan fingerprint density at radius 1 is 1.38 bits per heavy atom. The molecule has 0 saturated heterocycles. The van der Waals surface area contributed by atoms with Crippen molar-refractivity contribution in [3.8, 4) is 0 Å². The maximum Gasteiger partial charge on any atom is 0.0632 e. The summed E-state index contributed by atoms with van der Waals surface area (Å²) < 4.78 is 0. The Kier molecular flexibility index (Phi) is 3.65. The zero-order chi connectivity index (χ0) is 9.90. The number of thioether (sulfide) groups is 1. The van der Waals surface area contributed by atoms with Crippen LogP contribution >= 0.6 is 23.4 Å². The molecule has 0 saturated carbocycles. The largest absolute Gasteiger partial charge is 0.306 e. The second-order valence-corrected chi connectivity index (χ2v) is 5.45. The third kappa shape index (κ3) is 3.59. The van der Waals surface area contributed by atoms with Crippen molar-refractivity contribution in [1.82, 2.24) is 5.32 Å². The molecule has 0 heterocycles. The number of nitrogens with one attached hydrogen (secondary N) is 1. The molecule has 3 heteroatoms. The van der Waals surface area contributed by atoms with Crippen molar-refractivity contribution in [2.45, 2.75) is 23.6 Å². The molecule has 0 amide bonds. The van der Waals surface area contributed by atoms with E-state index in [1.807, 2.05) is 25.2 Å². The first-order valence-electron chi connectivity index (χ1n) is 4.17. The Morgan fingerprint density at radius 2 is 2.08 bits per heavy atom. The van der Waals surface area contributed by atoms with Crippen LogP contribution in [-0.2, 0) is 0 Å². The second kappa shape index (κ2) is 4.36. The van der Waals surface area contributed by atoms with Crippen LogP contribution in [0.3, 0.4) is 0 Å². The van der Waals surface area contributed by atoms with Gasteiger partial charge < -0.3 is 5.32 Å². The molecule has 0 aliphatic heterocycles. The smallest absolute Gasteiger partial charge is 0.0632 e. The number of halogens is 1. The molecule has 1 N–H and O–H groups in total. The highest BCUT2D eigenvalue weighted by Gasteiger charge is 2.15. The van der Waals surface area contributed by atoms with E-state index in [9.17, 15) is 0 Å². The molecule has 0 fully saturated rings. The van der Waals surface area contributed by atoms with Gasteiger partial charge in [-0.25, -0.2) is 0 Å². The van der Waals surface area contributed by atoms with Crippen molar-refractivity contribution < 1.29 is 0 Å². The second-order valence-electron chi connectivity index (χ2n) is 3.32. The fourth-order valence-electron chi connectivity index (χ4n) is 0.876. The molecule has 0 unspecified atom stereocenters. The summed E-state index contributed by atoms with van der Waals surface area (Å²) in [5.41, 5.74) is 0. The summed E-state index contributed by atoms with van der Waals surface area (Å²) in [6, 6.07) is 7.90. The Morgan fingerprint density at radius 3 is 2.62 bits per heavy atom. The van der Waals surface area contributed by atoms with E-state index in [-0.39, 0.29) is 4.87 Å². The van der Waals surface area contributed by atoms with Gasteiger partial charge in [0.15, 0.2) is 0 Å². The molecular weight excluding hydrogens is 202 g/mol. The highest BCUT2D eigenvalue weighted by Crippen LogP contribution is 2.31. The summed E-state index contributed by atoms with van der Waals surface area (Å²) in [7, 11) is 1.96. The van der Waals surface area contributed by atoms with Gasteiger partial charge in [0.25, 0.3) is 0 Å². The van der Waals surface area contributed by atoms with Gasteiger partial charge in [-0.05, 0) is 39.1 Å². The van der Waals surface area contributed by atoms with Crippen LogP contribution in [0.25, 0.3) is 0 Å². The number of rotatable bonds is 3. The summed E-state index contributed by atoms with van der Waals surface area (Å²) in [4.78, 5) is 1.23. The van der Waals surface area contributed by atoms with Gasteiger partial charge in [-0.15, -0.1) is 11.8 Å². The van der Waals surface area contributed by atoms with Crippen molar-refractivity contribution in [1.29, 1.82) is 0 Å². The molecular formula is C10H14ClNS. The molecule has 0 aromatic heterocycles. The zero-order valence-corrected chi connectivity index (χ0v) is 9.67. The summed E-state index contributed by atoms with van der Waals surface area (Å²) in [6.45, 7) is 4.27. The van der Waals surface area contributed by atoms with Gasteiger partial charge in [-0.1, -0.05) is 17.7 Å². The number of hydrogen-bond acceptors (Lipinski definition) is 2. The third-order valence-corrected chi connectivity index (χ3v) is 3.21. The van der Waals surface area contributed by atoms with Crippen LogP contribution in [-0.4, -0.2) is 11.9 Å². The minimum absolute atomic E-state index is 0.0463. The highest BCUT2D eigenvalue weighted by molar-refractivity contribution is 8.00. The lowest BCUT2D eigenvalue weighted by molar-refractivity contribution is 0.609. The minimum Gasteiger partial charge on any atom is -0.306 e. The summed E-state index contributed by atoms with van der Waals surface area (Å²) >= 11 is 7.65. The maximum atomic E-state index is 5.88. The van der Waals surface area contributed by atoms with E-state index in [2.05, 4.69) is 25.2 Å². The zero-order valence-electron chi connectivity index (χ0n) is 8.10. The van der Waals surface area contributed by atoms with E-state index < -0.39 is 0 Å². The lowest BCUT2D eigenvalue weighted by Gasteiger charge is -2.23. The summed E-state index contributed by atoms with van der Waals surface area (Å²) in [6.07, 6.45) is 0. The fourth-order valence-corrected chi connectivity index (χ4v) is 2.15.